The molecule has 2 N–H and O–H groups in total. The first-order chi connectivity index (χ1) is 13.0. The molecule has 2 fully saturated rings. The highest BCUT2D eigenvalue weighted by molar-refractivity contribution is 6.09. The highest BCUT2D eigenvalue weighted by Gasteiger charge is 2.55. The maximum atomic E-state index is 13.0. The van der Waals surface area contributed by atoms with Gasteiger partial charge < -0.3 is 10.6 Å². The molecule has 0 bridgehead atoms. The molecular weight excluding hydrogens is 342 g/mol. The van der Waals surface area contributed by atoms with Gasteiger partial charge >= 0.3 is 6.03 Å². The second kappa shape index (κ2) is 6.98. The van der Waals surface area contributed by atoms with E-state index in [4.69, 9.17) is 0 Å². The average Bonchev–Trinajstić information content (AvgIpc) is 2.89. The van der Waals surface area contributed by atoms with Crippen molar-refractivity contribution in [2.75, 3.05) is 6.54 Å². The van der Waals surface area contributed by atoms with E-state index < -0.39 is 11.6 Å². The van der Waals surface area contributed by atoms with Crippen molar-refractivity contribution < 1.29 is 14.4 Å². The number of carbonyl (C=O) groups is 3. The predicted molar refractivity (Wildman–Crippen MR) is 101 cm³/mol. The van der Waals surface area contributed by atoms with Crippen molar-refractivity contribution in [1.82, 2.24) is 15.5 Å². The molecule has 0 unspecified atom stereocenters. The minimum absolute atomic E-state index is 0.0502. The van der Waals surface area contributed by atoms with Gasteiger partial charge in [-0.25, -0.2) is 4.79 Å². The van der Waals surface area contributed by atoms with E-state index in [-0.39, 0.29) is 30.3 Å². The molecule has 6 heteroatoms. The summed E-state index contributed by atoms with van der Waals surface area (Å²) in [5, 5.41) is 5.93. The van der Waals surface area contributed by atoms with E-state index >= 15 is 0 Å². The lowest BCUT2D eigenvalue weighted by atomic mass is 9.73. The number of rotatable bonds is 3. The van der Waals surface area contributed by atoms with Crippen molar-refractivity contribution in [2.45, 2.75) is 63.5 Å². The fourth-order valence-electron chi connectivity index (χ4n) is 4.93. The van der Waals surface area contributed by atoms with Crippen molar-refractivity contribution in [3.63, 3.8) is 0 Å². The predicted octanol–water partition coefficient (Wildman–Crippen LogP) is 2.68. The minimum atomic E-state index is -0.812. The average molecular weight is 369 g/mol. The van der Waals surface area contributed by atoms with Crippen LogP contribution in [0.15, 0.2) is 24.3 Å². The van der Waals surface area contributed by atoms with Gasteiger partial charge in [-0.2, -0.15) is 0 Å². The minimum Gasteiger partial charge on any atom is -0.348 e. The number of hydrogen-bond acceptors (Lipinski definition) is 3. The number of benzene rings is 1. The fraction of sp³-hybridized carbons (Fsp3) is 0.571. The van der Waals surface area contributed by atoms with Gasteiger partial charge in [0.25, 0.3) is 5.91 Å². The number of amides is 4. The molecule has 4 rings (SSSR count). The van der Waals surface area contributed by atoms with Crippen molar-refractivity contribution in [2.24, 2.45) is 5.92 Å². The number of hydrogen-bond donors (Lipinski definition) is 2. The number of nitrogens with zero attached hydrogens (tertiary/aromatic N) is 1. The van der Waals surface area contributed by atoms with E-state index in [1.54, 1.807) is 0 Å². The van der Waals surface area contributed by atoms with Crippen LogP contribution in [0.25, 0.3) is 0 Å². The molecular formula is C21H27N3O3. The second-order valence-corrected chi connectivity index (χ2v) is 8.15. The topological polar surface area (TPSA) is 78.5 Å². The Hall–Kier alpha value is -2.37. The Morgan fingerprint density at radius 1 is 1.22 bits per heavy atom. The Bertz CT molecular complexity index is 778. The fourth-order valence-corrected chi connectivity index (χ4v) is 4.93. The molecule has 3 atom stereocenters. The van der Waals surface area contributed by atoms with Gasteiger partial charge in [0.2, 0.25) is 5.91 Å². The van der Waals surface area contributed by atoms with Gasteiger partial charge in [-0.15, -0.1) is 0 Å². The Kier molecular flexibility index (Phi) is 4.66. The van der Waals surface area contributed by atoms with Crippen LogP contribution >= 0.6 is 0 Å². The van der Waals surface area contributed by atoms with Crippen molar-refractivity contribution in [3.05, 3.63) is 35.4 Å². The van der Waals surface area contributed by atoms with E-state index in [1.165, 1.54) is 5.56 Å². The molecule has 1 heterocycles. The van der Waals surface area contributed by atoms with Crippen LogP contribution in [0.1, 0.15) is 62.6 Å². The second-order valence-electron chi connectivity index (χ2n) is 8.15. The number of nitrogens with one attached hydrogen (secondary N) is 2. The van der Waals surface area contributed by atoms with Crippen LogP contribution in [0.5, 0.6) is 0 Å². The Morgan fingerprint density at radius 2 is 2.04 bits per heavy atom. The molecule has 2 aliphatic carbocycles. The van der Waals surface area contributed by atoms with Crippen LogP contribution in [0, 0.1) is 5.92 Å². The molecule has 1 aromatic carbocycles. The summed E-state index contributed by atoms with van der Waals surface area (Å²) in [5.74, 6) is -0.416. The van der Waals surface area contributed by atoms with E-state index in [2.05, 4.69) is 16.7 Å². The highest BCUT2D eigenvalue weighted by Crippen LogP contribution is 2.38. The first kappa shape index (κ1) is 18.0. The van der Waals surface area contributed by atoms with Crippen LogP contribution in [-0.4, -0.2) is 34.8 Å². The monoisotopic (exact) mass is 369 g/mol. The summed E-state index contributed by atoms with van der Waals surface area (Å²) in [5.41, 5.74) is 1.60. The third-order valence-electron chi connectivity index (χ3n) is 6.51. The lowest BCUT2D eigenvalue weighted by Gasteiger charge is -2.36. The molecule has 6 nitrogen and oxygen atoms in total. The number of imide groups is 1. The zero-order chi connectivity index (χ0) is 19.0. The third-order valence-corrected chi connectivity index (χ3v) is 6.51. The first-order valence-electron chi connectivity index (χ1n) is 10.0. The number of carbonyl (C=O) groups excluding carboxylic acids is 3. The zero-order valence-electron chi connectivity index (χ0n) is 15.8. The molecule has 1 saturated carbocycles. The quantitative estimate of drug-likeness (QED) is 0.804. The van der Waals surface area contributed by atoms with Crippen LogP contribution in [0.2, 0.25) is 0 Å². The largest absolute Gasteiger partial charge is 0.348 e. The van der Waals surface area contributed by atoms with Crippen LogP contribution in [-0.2, 0) is 16.0 Å². The van der Waals surface area contributed by atoms with E-state index in [1.807, 2.05) is 25.1 Å². The number of urea groups is 1. The van der Waals surface area contributed by atoms with Gasteiger partial charge in [-0.1, -0.05) is 44.0 Å². The lowest BCUT2D eigenvalue weighted by molar-refractivity contribution is -0.137. The van der Waals surface area contributed by atoms with Gasteiger partial charge in [0.15, 0.2) is 0 Å². The zero-order valence-corrected chi connectivity index (χ0v) is 15.8. The van der Waals surface area contributed by atoms with Crippen molar-refractivity contribution in [1.29, 1.82) is 0 Å². The summed E-state index contributed by atoms with van der Waals surface area (Å²) in [6.07, 6.45) is 6.51. The van der Waals surface area contributed by atoms with Crippen molar-refractivity contribution >= 4 is 17.8 Å². The van der Waals surface area contributed by atoms with Gasteiger partial charge in [-0.05, 0) is 49.1 Å². The molecule has 144 valence electrons. The van der Waals surface area contributed by atoms with Crippen molar-refractivity contribution in [3.8, 4) is 0 Å². The maximum absolute atomic E-state index is 13.0. The highest BCUT2D eigenvalue weighted by atomic mass is 16.2. The summed E-state index contributed by atoms with van der Waals surface area (Å²) in [7, 11) is 0. The number of fused-ring (bicyclic) bond motifs is 1. The first-order valence-corrected chi connectivity index (χ1v) is 10.0. The summed E-state index contributed by atoms with van der Waals surface area (Å²) in [4.78, 5) is 39.2. The molecule has 3 aliphatic rings. The molecule has 27 heavy (non-hydrogen) atoms. The van der Waals surface area contributed by atoms with Gasteiger partial charge in [-0.3, -0.25) is 14.5 Å². The van der Waals surface area contributed by atoms with Gasteiger partial charge in [0, 0.05) is 0 Å². The molecule has 1 aliphatic heterocycles. The summed E-state index contributed by atoms with van der Waals surface area (Å²) >= 11 is 0. The normalized spacial score (nSPS) is 30.2. The van der Waals surface area contributed by atoms with Crippen LogP contribution in [0.3, 0.4) is 0 Å². The third kappa shape index (κ3) is 3.11. The van der Waals surface area contributed by atoms with Gasteiger partial charge in [0.1, 0.15) is 12.1 Å². The smallest absolute Gasteiger partial charge is 0.325 e. The van der Waals surface area contributed by atoms with E-state index in [0.29, 0.717) is 6.42 Å². The summed E-state index contributed by atoms with van der Waals surface area (Å²) in [6, 6.07) is 7.65. The molecule has 4 amide bonds. The maximum Gasteiger partial charge on any atom is 0.325 e. The summed E-state index contributed by atoms with van der Waals surface area (Å²) in [6.45, 7) is 1.80. The molecule has 1 spiro atoms. The van der Waals surface area contributed by atoms with E-state index in [0.717, 1.165) is 49.0 Å². The molecule has 1 saturated heterocycles. The van der Waals surface area contributed by atoms with E-state index in [9.17, 15) is 14.4 Å². The van der Waals surface area contributed by atoms with Gasteiger partial charge in [0.05, 0.1) is 6.04 Å². The van der Waals surface area contributed by atoms with Crippen LogP contribution in [0.4, 0.5) is 4.79 Å². The molecule has 1 aromatic rings. The SMILES string of the molecule is C[C@H]1CCCC[C@@]12NC(=O)N(CC(=O)N[C@@H]1CCCc3ccccc31)C2=O. The summed E-state index contributed by atoms with van der Waals surface area (Å²) < 4.78 is 0. The Morgan fingerprint density at radius 3 is 2.85 bits per heavy atom. The molecule has 0 aromatic heterocycles. The number of aryl methyl sites for hydroxylation is 1. The molecule has 0 radical (unpaired) electrons. The lowest BCUT2D eigenvalue weighted by Crippen LogP contribution is -2.54. The van der Waals surface area contributed by atoms with Crippen LogP contribution < -0.4 is 10.6 Å². The standard InChI is InChI=1S/C21H27N3O3/c1-14-7-4-5-12-21(14)19(26)24(20(27)23-21)13-18(25)22-17-11-6-9-15-8-2-3-10-16(15)17/h2-3,8,10,14,17H,4-7,9,11-13H2,1H3,(H,22,25)(H,23,27)/t14-,17+,21+/m0/s1. The Labute approximate surface area is 159 Å². The Balaban J connectivity index is 1.44.